The average molecular weight is 198 g/mol. The minimum absolute atomic E-state index is 0.123. The van der Waals surface area contributed by atoms with Crippen molar-refractivity contribution in [1.29, 1.82) is 0 Å². The second kappa shape index (κ2) is 3.21. The highest BCUT2D eigenvalue weighted by atomic mass is 16.2. The van der Waals surface area contributed by atoms with Gasteiger partial charge < -0.3 is 10.2 Å². The largest absolute Gasteiger partial charge is 0.325 e. The lowest BCUT2D eigenvalue weighted by molar-refractivity contribution is -0.129. The zero-order valence-electron chi connectivity index (χ0n) is 8.20. The number of imide groups is 1. The van der Waals surface area contributed by atoms with Crippen LogP contribution in [0.25, 0.3) is 0 Å². The third-order valence-electron chi connectivity index (χ3n) is 2.75. The molecule has 14 heavy (non-hydrogen) atoms. The van der Waals surface area contributed by atoms with Crippen LogP contribution in [-0.2, 0) is 4.79 Å². The Balaban J connectivity index is 2.19. The van der Waals surface area contributed by atoms with E-state index in [1.54, 1.807) is 7.05 Å². The maximum atomic E-state index is 11.5. The highest BCUT2D eigenvalue weighted by molar-refractivity contribution is 5.98. The fourth-order valence-electron chi connectivity index (χ4n) is 1.88. The van der Waals surface area contributed by atoms with Gasteiger partial charge in [0.05, 0.1) is 18.2 Å². The average Bonchev–Trinajstić information content (AvgIpc) is 2.14. The molecule has 2 heterocycles. The van der Waals surface area contributed by atoms with Crippen LogP contribution >= 0.6 is 0 Å². The number of fused-ring (bicyclic) bond motifs is 1. The quantitative estimate of drug-likeness (QED) is 0.450. The van der Waals surface area contributed by atoms with Gasteiger partial charge in [-0.15, -0.1) is 0 Å². The Morgan fingerprint density at radius 1 is 1.43 bits per heavy atom. The van der Waals surface area contributed by atoms with Crippen LogP contribution in [0.15, 0.2) is 0 Å². The molecular weight excluding hydrogens is 184 g/mol. The summed E-state index contributed by atoms with van der Waals surface area (Å²) in [6.07, 6.45) is -0.0649. The maximum absolute atomic E-state index is 11.5. The van der Waals surface area contributed by atoms with Gasteiger partial charge in [0.1, 0.15) is 0 Å². The minimum atomic E-state index is -0.335. The zero-order chi connectivity index (χ0) is 10.3. The lowest BCUT2D eigenvalue weighted by atomic mass is 9.99. The highest BCUT2D eigenvalue weighted by Crippen LogP contribution is 2.16. The van der Waals surface area contributed by atoms with Crippen molar-refractivity contribution in [2.24, 2.45) is 5.92 Å². The first-order valence-corrected chi connectivity index (χ1v) is 4.66. The first-order valence-electron chi connectivity index (χ1n) is 4.66. The Morgan fingerprint density at radius 2 is 2.14 bits per heavy atom. The van der Waals surface area contributed by atoms with E-state index in [9.17, 15) is 9.59 Å². The Kier molecular flexibility index (Phi) is 2.16. The molecular formula is C8H14N4O2. The lowest BCUT2D eigenvalue weighted by Crippen LogP contribution is -2.71. The van der Waals surface area contributed by atoms with Crippen LogP contribution < -0.4 is 16.0 Å². The highest BCUT2D eigenvalue weighted by Gasteiger charge is 2.42. The molecule has 0 aliphatic carbocycles. The van der Waals surface area contributed by atoms with Crippen molar-refractivity contribution in [2.75, 3.05) is 13.6 Å². The molecule has 0 aromatic rings. The first kappa shape index (κ1) is 9.42. The van der Waals surface area contributed by atoms with Gasteiger partial charge in [0, 0.05) is 13.6 Å². The predicted octanol–water partition coefficient (Wildman–Crippen LogP) is -1.35. The van der Waals surface area contributed by atoms with Crippen LogP contribution in [0.1, 0.15) is 6.92 Å². The van der Waals surface area contributed by atoms with Crippen LogP contribution in [0.3, 0.4) is 0 Å². The SMILES string of the molecule is CC1NCC2C(=O)NC(=O)N(C)C2N1. The molecule has 3 unspecified atom stereocenters. The van der Waals surface area contributed by atoms with E-state index in [1.165, 1.54) is 4.90 Å². The normalized spacial score (nSPS) is 37.9. The van der Waals surface area contributed by atoms with Gasteiger partial charge in [0.25, 0.3) is 0 Å². The molecule has 3 N–H and O–H groups in total. The van der Waals surface area contributed by atoms with Crippen LogP contribution in [0.2, 0.25) is 0 Å². The topological polar surface area (TPSA) is 73.5 Å². The van der Waals surface area contributed by atoms with Crippen LogP contribution in [0.4, 0.5) is 4.79 Å². The summed E-state index contributed by atoms with van der Waals surface area (Å²) in [5.41, 5.74) is 0. The molecule has 0 aromatic carbocycles. The first-order chi connectivity index (χ1) is 6.59. The van der Waals surface area contributed by atoms with Gasteiger partial charge in [-0.2, -0.15) is 0 Å². The van der Waals surface area contributed by atoms with E-state index < -0.39 is 0 Å². The smallest absolute Gasteiger partial charge is 0.311 e. The van der Waals surface area contributed by atoms with Gasteiger partial charge in [-0.1, -0.05) is 0 Å². The second-order valence-corrected chi connectivity index (χ2v) is 3.75. The summed E-state index contributed by atoms with van der Waals surface area (Å²) >= 11 is 0. The summed E-state index contributed by atoms with van der Waals surface area (Å²) in [6.45, 7) is 2.56. The molecule has 0 spiro atoms. The molecule has 3 atom stereocenters. The molecule has 2 saturated heterocycles. The van der Waals surface area contributed by atoms with Crippen molar-refractivity contribution in [3.63, 3.8) is 0 Å². The van der Waals surface area contributed by atoms with E-state index in [0.29, 0.717) is 6.54 Å². The maximum Gasteiger partial charge on any atom is 0.325 e. The van der Waals surface area contributed by atoms with Crippen LogP contribution in [0, 0.1) is 5.92 Å². The minimum Gasteiger partial charge on any atom is -0.311 e. The fraction of sp³-hybridized carbons (Fsp3) is 0.750. The van der Waals surface area contributed by atoms with Crippen molar-refractivity contribution in [2.45, 2.75) is 19.3 Å². The van der Waals surface area contributed by atoms with E-state index in [4.69, 9.17) is 0 Å². The Labute approximate surface area is 82.0 Å². The number of amides is 3. The van der Waals surface area contributed by atoms with Gasteiger partial charge in [-0.3, -0.25) is 15.4 Å². The molecule has 0 aromatic heterocycles. The van der Waals surface area contributed by atoms with Crippen molar-refractivity contribution < 1.29 is 9.59 Å². The molecule has 78 valence electrons. The van der Waals surface area contributed by atoms with Crippen LogP contribution in [0.5, 0.6) is 0 Å². The molecule has 3 amide bonds. The zero-order valence-corrected chi connectivity index (χ0v) is 8.20. The van der Waals surface area contributed by atoms with Gasteiger partial charge in [-0.25, -0.2) is 4.79 Å². The standard InChI is InChI=1S/C8H14N4O2/c1-4-9-3-5-6(10-4)12(2)8(14)11-7(5)13/h4-6,9-10H,3H2,1-2H3,(H,11,13,14). The summed E-state index contributed by atoms with van der Waals surface area (Å²) in [6, 6.07) is -0.335. The molecule has 2 rings (SSSR count). The number of urea groups is 1. The monoisotopic (exact) mass is 198 g/mol. The number of nitrogens with zero attached hydrogens (tertiary/aromatic N) is 1. The summed E-state index contributed by atoms with van der Waals surface area (Å²) < 4.78 is 0. The third kappa shape index (κ3) is 1.36. The lowest BCUT2D eigenvalue weighted by Gasteiger charge is -2.43. The number of rotatable bonds is 0. The summed E-state index contributed by atoms with van der Waals surface area (Å²) in [5.74, 6) is -0.404. The molecule has 0 radical (unpaired) electrons. The third-order valence-corrected chi connectivity index (χ3v) is 2.75. The van der Waals surface area contributed by atoms with Gasteiger partial charge in [-0.05, 0) is 6.92 Å². The number of hydrogen-bond donors (Lipinski definition) is 3. The van der Waals surface area contributed by atoms with E-state index in [2.05, 4.69) is 16.0 Å². The van der Waals surface area contributed by atoms with E-state index >= 15 is 0 Å². The molecule has 6 heteroatoms. The number of hydrogen-bond acceptors (Lipinski definition) is 4. The molecule has 2 aliphatic rings. The summed E-state index contributed by atoms with van der Waals surface area (Å²) in [7, 11) is 1.68. The molecule has 0 bridgehead atoms. The van der Waals surface area contributed by atoms with Crippen molar-refractivity contribution >= 4 is 11.9 Å². The molecule has 6 nitrogen and oxygen atoms in total. The second-order valence-electron chi connectivity index (χ2n) is 3.75. The van der Waals surface area contributed by atoms with Gasteiger partial charge >= 0.3 is 6.03 Å². The Bertz CT molecular complexity index is 281. The number of carbonyl (C=O) groups is 2. The summed E-state index contributed by atoms with van der Waals surface area (Å²) in [4.78, 5) is 24.3. The van der Waals surface area contributed by atoms with Crippen molar-refractivity contribution in [3.05, 3.63) is 0 Å². The molecule has 2 aliphatic heterocycles. The van der Waals surface area contributed by atoms with Gasteiger partial charge in [0.2, 0.25) is 5.91 Å². The van der Waals surface area contributed by atoms with E-state index in [-0.39, 0.29) is 30.2 Å². The van der Waals surface area contributed by atoms with E-state index in [1.807, 2.05) is 6.92 Å². The van der Waals surface area contributed by atoms with Crippen molar-refractivity contribution in [3.8, 4) is 0 Å². The Morgan fingerprint density at radius 3 is 2.86 bits per heavy atom. The molecule has 2 fully saturated rings. The number of nitrogens with one attached hydrogen (secondary N) is 3. The predicted molar refractivity (Wildman–Crippen MR) is 49.2 cm³/mol. The Hall–Kier alpha value is -1.14. The van der Waals surface area contributed by atoms with Crippen molar-refractivity contribution in [1.82, 2.24) is 20.9 Å². The summed E-state index contributed by atoms with van der Waals surface area (Å²) in [5, 5.41) is 8.61. The number of carbonyl (C=O) groups excluding carboxylic acids is 2. The fourth-order valence-corrected chi connectivity index (χ4v) is 1.88. The van der Waals surface area contributed by atoms with Crippen LogP contribution in [-0.4, -0.2) is 42.8 Å². The molecule has 0 saturated carbocycles. The van der Waals surface area contributed by atoms with E-state index in [0.717, 1.165) is 0 Å². The van der Waals surface area contributed by atoms with Gasteiger partial charge in [0.15, 0.2) is 0 Å².